The summed E-state index contributed by atoms with van der Waals surface area (Å²) in [5, 5.41) is 12.2. The van der Waals surface area contributed by atoms with Gasteiger partial charge in [0.05, 0.1) is 12.1 Å². The molecule has 0 bridgehead atoms. The highest BCUT2D eigenvalue weighted by Crippen LogP contribution is 2.07. The van der Waals surface area contributed by atoms with Crippen molar-refractivity contribution >= 4 is 5.91 Å². The van der Waals surface area contributed by atoms with Gasteiger partial charge < -0.3 is 10.4 Å². The van der Waals surface area contributed by atoms with Crippen LogP contribution >= 0.6 is 0 Å². The minimum Gasteiger partial charge on any atom is -0.392 e. The number of hydrogen-bond acceptors (Lipinski definition) is 4. The monoisotopic (exact) mass is 255 g/mol. The molecule has 0 aromatic carbocycles. The molecular weight excluding hydrogens is 230 g/mol. The maximum Gasteiger partial charge on any atom is 0.237 e. The molecule has 0 spiro atoms. The predicted molar refractivity (Wildman–Crippen MR) is 72.4 cm³/mol. The van der Waals surface area contributed by atoms with Gasteiger partial charge in [0.15, 0.2) is 0 Å². The Labute approximate surface area is 109 Å². The van der Waals surface area contributed by atoms with Crippen molar-refractivity contribution in [2.45, 2.75) is 26.0 Å². The number of nitrogens with one attached hydrogen (secondary N) is 1. The summed E-state index contributed by atoms with van der Waals surface area (Å²) in [5.74, 6) is 0.0545. The lowest BCUT2D eigenvalue weighted by molar-refractivity contribution is -0.126. The molecule has 1 fully saturated rings. The molecule has 1 saturated heterocycles. The molecule has 5 heteroatoms. The van der Waals surface area contributed by atoms with E-state index in [1.165, 1.54) is 0 Å². The van der Waals surface area contributed by atoms with Crippen molar-refractivity contribution in [3.05, 3.63) is 12.7 Å². The average Bonchev–Trinajstić information content (AvgIpc) is 2.35. The highest BCUT2D eigenvalue weighted by atomic mass is 16.3. The molecule has 0 aliphatic carbocycles. The van der Waals surface area contributed by atoms with Gasteiger partial charge in [-0.15, -0.1) is 6.58 Å². The number of aliphatic hydroxyl groups is 1. The van der Waals surface area contributed by atoms with Gasteiger partial charge in [0.25, 0.3) is 0 Å². The number of hydrogen-bond donors (Lipinski definition) is 2. The number of carbonyl (C=O) groups is 1. The second-order valence-electron chi connectivity index (χ2n) is 4.90. The number of amides is 1. The zero-order chi connectivity index (χ0) is 13.5. The van der Waals surface area contributed by atoms with Crippen LogP contribution in [0.2, 0.25) is 0 Å². The highest BCUT2D eigenvalue weighted by Gasteiger charge is 2.25. The normalized spacial score (nSPS) is 21.3. The second-order valence-corrected chi connectivity index (χ2v) is 4.90. The summed E-state index contributed by atoms with van der Waals surface area (Å²) in [6, 6.07) is -0.0985. The van der Waals surface area contributed by atoms with Crippen LogP contribution in [-0.4, -0.2) is 72.2 Å². The van der Waals surface area contributed by atoms with Gasteiger partial charge in [-0.05, 0) is 13.8 Å². The summed E-state index contributed by atoms with van der Waals surface area (Å²) >= 11 is 0. The Hall–Kier alpha value is -0.910. The first-order valence-corrected chi connectivity index (χ1v) is 6.57. The Morgan fingerprint density at radius 1 is 1.39 bits per heavy atom. The van der Waals surface area contributed by atoms with E-state index in [0.29, 0.717) is 13.1 Å². The van der Waals surface area contributed by atoms with E-state index in [1.807, 2.05) is 6.92 Å². The first kappa shape index (κ1) is 15.1. The lowest BCUT2D eigenvalue weighted by Gasteiger charge is -2.37. The molecule has 104 valence electrons. The maximum atomic E-state index is 11.8. The fourth-order valence-electron chi connectivity index (χ4n) is 2.19. The van der Waals surface area contributed by atoms with Crippen LogP contribution in [0.4, 0.5) is 0 Å². The number of nitrogens with zero attached hydrogens (tertiary/aromatic N) is 2. The van der Waals surface area contributed by atoms with Crippen molar-refractivity contribution < 1.29 is 9.90 Å². The van der Waals surface area contributed by atoms with Crippen molar-refractivity contribution in [3.63, 3.8) is 0 Å². The van der Waals surface area contributed by atoms with Gasteiger partial charge in [-0.25, -0.2) is 0 Å². The third-order valence-corrected chi connectivity index (χ3v) is 3.28. The van der Waals surface area contributed by atoms with Crippen LogP contribution in [-0.2, 0) is 4.79 Å². The van der Waals surface area contributed by atoms with E-state index < -0.39 is 0 Å². The van der Waals surface area contributed by atoms with E-state index in [2.05, 4.69) is 21.7 Å². The Bertz CT molecular complexity index is 273. The summed E-state index contributed by atoms with van der Waals surface area (Å²) in [4.78, 5) is 16.2. The predicted octanol–water partition coefficient (Wildman–Crippen LogP) is -0.324. The molecule has 0 aromatic heterocycles. The minimum absolute atomic E-state index is 0.0545. The summed E-state index contributed by atoms with van der Waals surface area (Å²) in [6.07, 6.45) is 1.40. The molecule has 1 amide bonds. The van der Waals surface area contributed by atoms with E-state index in [-0.39, 0.29) is 18.1 Å². The van der Waals surface area contributed by atoms with Gasteiger partial charge >= 0.3 is 0 Å². The van der Waals surface area contributed by atoms with Crippen molar-refractivity contribution in [1.29, 1.82) is 0 Å². The van der Waals surface area contributed by atoms with Gasteiger partial charge in [0.2, 0.25) is 5.91 Å². The van der Waals surface area contributed by atoms with Gasteiger partial charge in [0, 0.05) is 39.3 Å². The molecular formula is C13H25N3O2. The molecule has 2 atom stereocenters. The van der Waals surface area contributed by atoms with Crippen LogP contribution < -0.4 is 5.32 Å². The quantitative estimate of drug-likeness (QED) is 0.639. The molecule has 2 N–H and O–H groups in total. The van der Waals surface area contributed by atoms with Crippen LogP contribution in [0.5, 0.6) is 0 Å². The molecule has 0 unspecified atom stereocenters. The summed E-state index contributed by atoms with van der Waals surface area (Å²) < 4.78 is 0. The smallest absolute Gasteiger partial charge is 0.237 e. The Kier molecular flexibility index (Phi) is 6.32. The van der Waals surface area contributed by atoms with Gasteiger partial charge in [-0.1, -0.05) is 6.08 Å². The van der Waals surface area contributed by atoms with E-state index in [4.69, 9.17) is 0 Å². The topological polar surface area (TPSA) is 55.8 Å². The fourth-order valence-corrected chi connectivity index (χ4v) is 2.19. The zero-order valence-corrected chi connectivity index (χ0v) is 11.4. The molecule has 1 aliphatic heterocycles. The third kappa shape index (κ3) is 4.76. The van der Waals surface area contributed by atoms with Crippen LogP contribution in [0.1, 0.15) is 13.8 Å². The Balaban J connectivity index is 2.33. The third-order valence-electron chi connectivity index (χ3n) is 3.28. The second kappa shape index (κ2) is 7.51. The van der Waals surface area contributed by atoms with Crippen molar-refractivity contribution in [1.82, 2.24) is 15.1 Å². The van der Waals surface area contributed by atoms with Gasteiger partial charge in [-0.3, -0.25) is 14.6 Å². The number of carbonyl (C=O) groups excluding carboxylic acids is 1. The van der Waals surface area contributed by atoms with E-state index >= 15 is 0 Å². The SMILES string of the molecule is C=CCNC(=O)[C@@H](C)N1CCN(C[C@H](C)O)CC1. The molecule has 1 aliphatic rings. The van der Waals surface area contributed by atoms with Crippen molar-refractivity contribution in [2.75, 3.05) is 39.3 Å². The maximum absolute atomic E-state index is 11.8. The number of β-amino-alcohol motifs (C(OH)–C–C–N with tert-alkyl or cyclic N) is 1. The molecule has 5 nitrogen and oxygen atoms in total. The van der Waals surface area contributed by atoms with Crippen LogP contribution in [0.25, 0.3) is 0 Å². The average molecular weight is 255 g/mol. The first-order chi connectivity index (χ1) is 8.54. The Morgan fingerprint density at radius 2 is 2.00 bits per heavy atom. The molecule has 1 rings (SSSR count). The van der Waals surface area contributed by atoms with Crippen LogP contribution in [0, 0.1) is 0 Å². The zero-order valence-electron chi connectivity index (χ0n) is 11.4. The van der Waals surface area contributed by atoms with Crippen molar-refractivity contribution in [3.8, 4) is 0 Å². The molecule has 0 saturated carbocycles. The standard InChI is InChI=1S/C13H25N3O2/c1-4-5-14-13(18)12(3)16-8-6-15(7-9-16)10-11(2)17/h4,11-12,17H,1,5-10H2,2-3H3,(H,14,18)/t11-,12+/m0/s1. The number of piperazine rings is 1. The molecule has 18 heavy (non-hydrogen) atoms. The molecule has 0 aromatic rings. The summed E-state index contributed by atoms with van der Waals surface area (Å²) in [7, 11) is 0. The highest BCUT2D eigenvalue weighted by molar-refractivity contribution is 5.81. The summed E-state index contributed by atoms with van der Waals surface area (Å²) in [6.45, 7) is 12.1. The lowest BCUT2D eigenvalue weighted by Crippen LogP contribution is -2.54. The fraction of sp³-hybridized carbons (Fsp3) is 0.769. The largest absolute Gasteiger partial charge is 0.392 e. The first-order valence-electron chi connectivity index (χ1n) is 6.57. The van der Waals surface area contributed by atoms with Crippen molar-refractivity contribution in [2.24, 2.45) is 0 Å². The number of aliphatic hydroxyl groups excluding tert-OH is 1. The van der Waals surface area contributed by atoms with E-state index in [1.54, 1.807) is 13.0 Å². The van der Waals surface area contributed by atoms with Crippen LogP contribution in [0.3, 0.4) is 0 Å². The van der Waals surface area contributed by atoms with Gasteiger partial charge in [-0.2, -0.15) is 0 Å². The molecule has 1 heterocycles. The summed E-state index contributed by atoms with van der Waals surface area (Å²) in [5.41, 5.74) is 0. The van der Waals surface area contributed by atoms with E-state index in [0.717, 1.165) is 26.2 Å². The lowest BCUT2D eigenvalue weighted by atomic mass is 10.2. The molecule has 0 radical (unpaired) electrons. The van der Waals surface area contributed by atoms with E-state index in [9.17, 15) is 9.90 Å². The Morgan fingerprint density at radius 3 is 2.50 bits per heavy atom. The van der Waals surface area contributed by atoms with Crippen LogP contribution in [0.15, 0.2) is 12.7 Å². The number of rotatable bonds is 6. The van der Waals surface area contributed by atoms with Gasteiger partial charge in [0.1, 0.15) is 0 Å². The minimum atomic E-state index is -0.287.